The smallest absolute Gasteiger partial charge is 0.308 e. The molecule has 1 fully saturated rings. The highest BCUT2D eigenvalue weighted by Crippen LogP contribution is 2.32. The van der Waals surface area contributed by atoms with Gasteiger partial charge in [0.1, 0.15) is 11.3 Å². The van der Waals surface area contributed by atoms with E-state index >= 15 is 0 Å². The molecule has 1 saturated heterocycles. The van der Waals surface area contributed by atoms with Crippen molar-refractivity contribution in [3.63, 3.8) is 0 Å². The van der Waals surface area contributed by atoms with E-state index in [-0.39, 0.29) is 5.92 Å². The molecule has 3 rings (SSSR count). The zero-order valence-corrected chi connectivity index (χ0v) is 9.22. The van der Waals surface area contributed by atoms with Gasteiger partial charge >= 0.3 is 5.97 Å². The van der Waals surface area contributed by atoms with Gasteiger partial charge in [0.2, 0.25) is 0 Å². The van der Waals surface area contributed by atoms with Crippen LogP contribution in [-0.2, 0) is 4.79 Å². The van der Waals surface area contributed by atoms with Crippen molar-refractivity contribution in [1.82, 2.24) is 5.32 Å². The molecule has 0 saturated carbocycles. The van der Waals surface area contributed by atoms with E-state index in [0.717, 1.165) is 16.7 Å². The van der Waals surface area contributed by atoms with Crippen LogP contribution >= 0.6 is 0 Å². The molecule has 17 heavy (non-hydrogen) atoms. The van der Waals surface area contributed by atoms with E-state index in [2.05, 4.69) is 5.32 Å². The minimum absolute atomic E-state index is 0.0695. The van der Waals surface area contributed by atoms with Crippen LogP contribution in [0.15, 0.2) is 34.7 Å². The Balaban J connectivity index is 2.00. The van der Waals surface area contributed by atoms with E-state index in [0.29, 0.717) is 13.1 Å². The normalized spacial score (nSPS) is 24.2. The molecular weight excluding hydrogens is 218 g/mol. The third-order valence-corrected chi connectivity index (χ3v) is 3.34. The van der Waals surface area contributed by atoms with E-state index in [1.807, 2.05) is 30.3 Å². The molecule has 2 N–H and O–H groups in total. The zero-order valence-electron chi connectivity index (χ0n) is 9.22. The molecule has 2 unspecified atom stereocenters. The fraction of sp³-hybridized carbons (Fsp3) is 0.308. The Labute approximate surface area is 98.2 Å². The number of carboxylic acid groups (broad SMARTS) is 1. The predicted octanol–water partition coefficient (Wildman–Crippen LogP) is 1.82. The average Bonchev–Trinajstić information content (AvgIpc) is 2.95. The highest BCUT2D eigenvalue weighted by molar-refractivity contribution is 5.78. The van der Waals surface area contributed by atoms with Gasteiger partial charge in [0, 0.05) is 24.4 Å². The number of rotatable bonds is 2. The summed E-state index contributed by atoms with van der Waals surface area (Å²) in [5, 5.41) is 13.3. The second-order valence-electron chi connectivity index (χ2n) is 4.40. The lowest BCUT2D eigenvalue weighted by molar-refractivity contribution is -0.141. The van der Waals surface area contributed by atoms with Crippen LogP contribution in [-0.4, -0.2) is 24.2 Å². The van der Waals surface area contributed by atoms with Gasteiger partial charge in [0.25, 0.3) is 0 Å². The van der Waals surface area contributed by atoms with Gasteiger partial charge < -0.3 is 14.8 Å². The Kier molecular flexibility index (Phi) is 2.37. The third-order valence-electron chi connectivity index (χ3n) is 3.34. The van der Waals surface area contributed by atoms with Crippen LogP contribution in [0.4, 0.5) is 0 Å². The van der Waals surface area contributed by atoms with Crippen molar-refractivity contribution in [1.29, 1.82) is 0 Å². The van der Waals surface area contributed by atoms with Gasteiger partial charge in [-0.05, 0) is 12.1 Å². The van der Waals surface area contributed by atoms with E-state index in [4.69, 9.17) is 9.52 Å². The summed E-state index contributed by atoms with van der Waals surface area (Å²) in [6.07, 6.45) is 0. The number of furan rings is 1. The van der Waals surface area contributed by atoms with Gasteiger partial charge in [-0.3, -0.25) is 4.79 Å². The van der Waals surface area contributed by atoms with Crippen molar-refractivity contribution in [3.05, 3.63) is 36.1 Å². The summed E-state index contributed by atoms with van der Waals surface area (Å²) in [5.41, 5.74) is 0.818. The Bertz CT molecular complexity index is 528. The molecule has 4 nitrogen and oxygen atoms in total. The van der Waals surface area contributed by atoms with E-state index in [1.54, 1.807) is 0 Å². The molecule has 0 amide bonds. The fourth-order valence-electron chi connectivity index (χ4n) is 2.42. The summed E-state index contributed by atoms with van der Waals surface area (Å²) >= 11 is 0. The Morgan fingerprint density at radius 1 is 1.35 bits per heavy atom. The maximum absolute atomic E-state index is 11.1. The molecule has 0 radical (unpaired) electrons. The Morgan fingerprint density at radius 3 is 2.94 bits per heavy atom. The number of carbonyl (C=O) groups is 1. The monoisotopic (exact) mass is 231 g/mol. The molecule has 0 bridgehead atoms. The van der Waals surface area contributed by atoms with Crippen molar-refractivity contribution < 1.29 is 14.3 Å². The lowest BCUT2D eigenvalue weighted by Gasteiger charge is -2.10. The lowest BCUT2D eigenvalue weighted by atomic mass is 9.94. The largest absolute Gasteiger partial charge is 0.481 e. The van der Waals surface area contributed by atoms with Crippen LogP contribution in [0.2, 0.25) is 0 Å². The molecule has 0 aliphatic carbocycles. The van der Waals surface area contributed by atoms with Gasteiger partial charge in [-0.2, -0.15) is 0 Å². The molecule has 1 aromatic carbocycles. The van der Waals surface area contributed by atoms with Crippen molar-refractivity contribution in [2.75, 3.05) is 13.1 Å². The first-order chi connectivity index (χ1) is 8.25. The number of fused-ring (bicyclic) bond motifs is 1. The number of aliphatic carboxylic acids is 1. The second kappa shape index (κ2) is 3.89. The number of hydrogen-bond donors (Lipinski definition) is 2. The average molecular weight is 231 g/mol. The van der Waals surface area contributed by atoms with Crippen LogP contribution in [0, 0.1) is 5.92 Å². The molecule has 0 spiro atoms. The summed E-state index contributed by atoms with van der Waals surface area (Å²) in [4.78, 5) is 11.1. The van der Waals surface area contributed by atoms with Gasteiger partial charge in [0.05, 0.1) is 5.92 Å². The SMILES string of the molecule is O=C(O)C1CNCC1c1cc2ccccc2o1. The third kappa shape index (κ3) is 1.70. The molecule has 2 aromatic rings. The summed E-state index contributed by atoms with van der Waals surface area (Å²) in [6, 6.07) is 9.68. The molecule has 88 valence electrons. The topological polar surface area (TPSA) is 62.5 Å². The molecule has 1 aliphatic rings. The van der Waals surface area contributed by atoms with Crippen molar-refractivity contribution in [3.8, 4) is 0 Å². The maximum atomic E-state index is 11.1. The van der Waals surface area contributed by atoms with Crippen LogP contribution in [0.3, 0.4) is 0 Å². The van der Waals surface area contributed by atoms with Gasteiger partial charge in [0.15, 0.2) is 0 Å². The molecule has 1 aromatic heterocycles. The van der Waals surface area contributed by atoms with E-state index in [1.165, 1.54) is 0 Å². The van der Waals surface area contributed by atoms with Crippen molar-refractivity contribution in [2.45, 2.75) is 5.92 Å². The van der Waals surface area contributed by atoms with Gasteiger partial charge in [-0.1, -0.05) is 18.2 Å². The zero-order chi connectivity index (χ0) is 11.8. The van der Waals surface area contributed by atoms with E-state index in [9.17, 15) is 4.79 Å². The number of hydrogen-bond acceptors (Lipinski definition) is 3. The summed E-state index contributed by atoms with van der Waals surface area (Å²) in [6.45, 7) is 1.17. The lowest BCUT2D eigenvalue weighted by Crippen LogP contribution is -2.20. The molecule has 1 aliphatic heterocycles. The summed E-state index contributed by atoms with van der Waals surface area (Å²) in [7, 11) is 0. The first-order valence-electron chi connectivity index (χ1n) is 5.67. The molecular formula is C13H13NO3. The number of nitrogens with one attached hydrogen (secondary N) is 1. The van der Waals surface area contributed by atoms with Gasteiger partial charge in [-0.25, -0.2) is 0 Å². The summed E-state index contributed by atoms with van der Waals surface area (Å²) < 4.78 is 5.73. The van der Waals surface area contributed by atoms with Crippen LogP contribution in [0.25, 0.3) is 11.0 Å². The number of benzene rings is 1. The van der Waals surface area contributed by atoms with Gasteiger partial charge in [-0.15, -0.1) is 0 Å². The fourth-order valence-corrected chi connectivity index (χ4v) is 2.42. The number of para-hydroxylation sites is 1. The van der Waals surface area contributed by atoms with Crippen molar-refractivity contribution >= 4 is 16.9 Å². The summed E-state index contributed by atoms with van der Waals surface area (Å²) in [5.74, 6) is -0.459. The highest BCUT2D eigenvalue weighted by atomic mass is 16.4. The minimum Gasteiger partial charge on any atom is -0.481 e. The minimum atomic E-state index is -0.763. The Morgan fingerprint density at radius 2 is 2.18 bits per heavy atom. The molecule has 2 heterocycles. The van der Waals surface area contributed by atoms with Crippen LogP contribution in [0.1, 0.15) is 11.7 Å². The van der Waals surface area contributed by atoms with Crippen LogP contribution < -0.4 is 5.32 Å². The van der Waals surface area contributed by atoms with Crippen molar-refractivity contribution in [2.24, 2.45) is 5.92 Å². The predicted molar refractivity (Wildman–Crippen MR) is 63.0 cm³/mol. The number of carboxylic acids is 1. The first kappa shape index (κ1) is 10.4. The quantitative estimate of drug-likeness (QED) is 0.827. The second-order valence-corrected chi connectivity index (χ2v) is 4.40. The van der Waals surface area contributed by atoms with Crippen LogP contribution in [0.5, 0.6) is 0 Å². The first-order valence-corrected chi connectivity index (χ1v) is 5.67. The Hall–Kier alpha value is -1.81. The maximum Gasteiger partial charge on any atom is 0.308 e. The highest BCUT2D eigenvalue weighted by Gasteiger charge is 2.35. The van der Waals surface area contributed by atoms with E-state index < -0.39 is 11.9 Å². The standard InChI is InChI=1S/C13H13NO3/c15-13(16)10-7-14-6-9(10)12-5-8-3-1-2-4-11(8)17-12/h1-5,9-10,14H,6-7H2,(H,15,16). The molecule has 4 heteroatoms. The molecule has 2 atom stereocenters.